The first-order chi connectivity index (χ1) is 6.62. The summed E-state index contributed by atoms with van der Waals surface area (Å²) < 4.78 is 0. The number of rotatable bonds is 1. The van der Waals surface area contributed by atoms with Gasteiger partial charge in [0.05, 0.1) is 0 Å². The molecule has 2 rings (SSSR count). The molecule has 3 N–H and O–H groups in total. The number of nitrogens with two attached hydrogens (primary N) is 1. The van der Waals surface area contributed by atoms with Gasteiger partial charge in [0.2, 0.25) is 0 Å². The van der Waals surface area contributed by atoms with Crippen molar-refractivity contribution in [1.82, 2.24) is 4.90 Å². The second-order valence-corrected chi connectivity index (χ2v) is 4.11. The van der Waals surface area contributed by atoms with Crippen LogP contribution in [-0.2, 0) is 5.60 Å². The minimum Gasteiger partial charge on any atom is -0.398 e. The molecule has 1 aliphatic heterocycles. The van der Waals surface area contributed by atoms with Crippen LogP contribution in [0.2, 0.25) is 0 Å². The second kappa shape index (κ2) is 3.26. The largest absolute Gasteiger partial charge is 0.398 e. The maximum Gasteiger partial charge on any atom is 0.105 e. The lowest BCUT2D eigenvalue weighted by Crippen LogP contribution is -2.30. The van der Waals surface area contributed by atoms with E-state index in [1.165, 1.54) is 0 Å². The summed E-state index contributed by atoms with van der Waals surface area (Å²) in [6, 6.07) is 7.56. The molecule has 1 unspecified atom stereocenters. The summed E-state index contributed by atoms with van der Waals surface area (Å²) in [6.07, 6.45) is 0.762. The van der Waals surface area contributed by atoms with E-state index in [0.29, 0.717) is 12.2 Å². The number of hydrogen-bond acceptors (Lipinski definition) is 3. The summed E-state index contributed by atoms with van der Waals surface area (Å²) in [7, 11) is 2.01. The first-order valence-corrected chi connectivity index (χ1v) is 4.88. The molecule has 0 amide bonds. The number of likely N-dealkylation sites (tertiary alicyclic amines) is 1. The lowest BCUT2D eigenvalue weighted by Gasteiger charge is -2.24. The van der Waals surface area contributed by atoms with Gasteiger partial charge < -0.3 is 15.7 Å². The van der Waals surface area contributed by atoms with Gasteiger partial charge in [0.1, 0.15) is 5.60 Å². The highest BCUT2D eigenvalue weighted by atomic mass is 16.3. The van der Waals surface area contributed by atoms with Crippen LogP contribution in [0.4, 0.5) is 5.69 Å². The average Bonchev–Trinajstić information content (AvgIpc) is 2.48. The number of hydrogen-bond donors (Lipinski definition) is 2. The van der Waals surface area contributed by atoms with E-state index in [-0.39, 0.29) is 0 Å². The van der Waals surface area contributed by atoms with E-state index in [1.807, 2.05) is 31.3 Å². The first-order valence-electron chi connectivity index (χ1n) is 4.88. The van der Waals surface area contributed by atoms with Crippen LogP contribution in [-0.4, -0.2) is 30.1 Å². The Morgan fingerprint density at radius 3 is 2.71 bits per heavy atom. The molecule has 1 aliphatic rings. The van der Waals surface area contributed by atoms with E-state index in [4.69, 9.17) is 5.73 Å². The van der Waals surface area contributed by atoms with Gasteiger partial charge in [0.15, 0.2) is 0 Å². The van der Waals surface area contributed by atoms with Crippen LogP contribution in [0.3, 0.4) is 0 Å². The highest BCUT2D eigenvalue weighted by Crippen LogP contribution is 2.34. The zero-order valence-electron chi connectivity index (χ0n) is 8.40. The highest BCUT2D eigenvalue weighted by molar-refractivity contribution is 5.50. The lowest BCUT2D eigenvalue weighted by molar-refractivity contribution is 0.0496. The molecule has 1 saturated heterocycles. The van der Waals surface area contributed by atoms with Gasteiger partial charge in [-0.25, -0.2) is 0 Å². The zero-order chi connectivity index (χ0) is 10.2. The average molecular weight is 192 g/mol. The number of nitrogen functional groups attached to an aromatic ring is 1. The van der Waals surface area contributed by atoms with E-state index in [2.05, 4.69) is 4.90 Å². The van der Waals surface area contributed by atoms with Gasteiger partial charge in [-0.15, -0.1) is 0 Å². The third-order valence-electron chi connectivity index (χ3n) is 2.90. The number of benzene rings is 1. The Bertz CT molecular complexity index is 340. The molecule has 14 heavy (non-hydrogen) atoms. The topological polar surface area (TPSA) is 49.5 Å². The van der Waals surface area contributed by atoms with Crippen molar-refractivity contribution in [3.05, 3.63) is 29.8 Å². The Kier molecular flexibility index (Phi) is 2.21. The van der Waals surface area contributed by atoms with Gasteiger partial charge >= 0.3 is 0 Å². The molecule has 0 aromatic heterocycles. The molecule has 1 fully saturated rings. The fourth-order valence-electron chi connectivity index (χ4n) is 2.12. The van der Waals surface area contributed by atoms with Gasteiger partial charge in [-0.1, -0.05) is 18.2 Å². The third kappa shape index (κ3) is 1.49. The van der Waals surface area contributed by atoms with Crippen LogP contribution < -0.4 is 5.73 Å². The van der Waals surface area contributed by atoms with E-state index in [0.717, 1.165) is 18.5 Å². The summed E-state index contributed by atoms with van der Waals surface area (Å²) in [4.78, 5) is 2.12. The van der Waals surface area contributed by atoms with Gasteiger partial charge in [0.25, 0.3) is 0 Å². The molecule has 76 valence electrons. The number of anilines is 1. The monoisotopic (exact) mass is 192 g/mol. The molecule has 3 heteroatoms. The Labute approximate surface area is 84.1 Å². The number of para-hydroxylation sites is 1. The summed E-state index contributed by atoms with van der Waals surface area (Å²) in [5.41, 5.74) is 6.65. The van der Waals surface area contributed by atoms with Crippen molar-refractivity contribution in [3.63, 3.8) is 0 Å². The molecular weight excluding hydrogens is 176 g/mol. The molecular formula is C11H16N2O. The van der Waals surface area contributed by atoms with Crippen LogP contribution in [0, 0.1) is 0 Å². The van der Waals surface area contributed by atoms with Gasteiger partial charge in [0, 0.05) is 24.3 Å². The zero-order valence-corrected chi connectivity index (χ0v) is 8.40. The number of aliphatic hydroxyl groups is 1. The fourth-order valence-corrected chi connectivity index (χ4v) is 2.12. The predicted octanol–water partition coefficient (Wildman–Crippen LogP) is 0.792. The van der Waals surface area contributed by atoms with Crippen LogP contribution in [0.25, 0.3) is 0 Å². The van der Waals surface area contributed by atoms with E-state index >= 15 is 0 Å². The van der Waals surface area contributed by atoms with Crippen molar-refractivity contribution in [2.45, 2.75) is 12.0 Å². The maximum atomic E-state index is 10.4. The maximum absolute atomic E-state index is 10.4. The quantitative estimate of drug-likeness (QED) is 0.647. The smallest absolute Gasteiger partial charge is 0.105 e. The number of nitrogens with zero attached hydrogens (tertiary/aromatic N) is 1. The van der Waals surface area contributed by atoms with Crippen molar-refractivity contribution in [2.24, 2.45) is 0 Å². The molecule has 0 bridgehead atoms. The number of likely N-dealkylation sites (N-methyl/N-ethyl adjacent to an activating group) is 1. The molecule has 1 heterocycles. The molecule has 1 atom stereocenters. The predicted molar refractivity (Wildman–Crippen MR) is 56.9 cm³/mol. The summed E-state index contributed by atoms with van der Waals surface area (Å²) >= 11 is 0. The van der Waals surface area contributed by atoms with E-state index in [9.17, 15) is 5.11 Å². The minimum absolute atomic E-state index is 0.668. The van der Waals surface area contributed by atoms with Crippen LogP contribution in [0.1, 0.15) is 12.0 Å². The third-order valence-corrected chi connectivity index (χ3v) is 2.90. The first kappa shape index (κ1) is 9.49. The standard InChI is InChI=1S/C11H16N2O/c1-13-7-6-11(14,8-13)9-4-2-3-5-10(9)12/h2-5,14H,6-8,12H2,1H3. The van der Waals surface area contributed by atoms with Crippen molar-refractivity contribution in [3.8, 4) is 0 Å². The molecule has 1 aromatic carbocycles. The van der Waals surface area contributed by atoms with Gasteiger partial charge in [-0.05, 0) is 19.5 Å². The van der Waals surface area contributed by atoms with Crippen LogP contribution in [0.15, 0.2) is 24.3 Å². The summed E-state index contributed by atoms with van der Waals surface area (Å²) in [5, 5.41) is 10.4. The molecule has 0 saturated carbocycles. The molecule has 0 aliphatic carbocycles. The SMILES string of the molecule is CN1CCC(O)(c2ccccc2N)C1. The van der Waals surface area contributed by atoms with E-state index in [1.54, 1.807) is 0 Å². The minimum atomic E-state index is -0.750. The Morgan fingerprint density at radius 2 is 2.14 bits per heavy atom. The van der Waals surface area contributed by atoms with Crippen molar-refractivity contribution >= 4 is 5.69 Å². The van der Waals surface area contributed by atoms with Crippen molar-refractivity contribution < 1.29 is 5.11 Å². The van der Waals surface area contributed by atoms with Crippen LogP contribution >= 0.6 is 0 Å². The molecule has 1 aromatic rings. The number of β-amino-alcohol motifs (C(OH)–C–C–N with tert-alkyl or cyclic N) is 1. The fraction of sp³-hybridized carbons (Fsp3) is 0.455. The van der Waals surface area contributed by atoms with Crippen LogP contribution in [0.5, 0.6) is 0 Å². The normalized spacial score (nSPS) is 28.1. The molecule has 0 spiro atoms. The Hall–Kier alpha value is -1.06. The molecule has 0 radical (unpaired) electrons. The van der Waals surface area contributed by atoms with E-state index < -0.39 is 5.60 Å². The Morgan fingerprint density at radius 1 is 1.43 bits per heavy atom. The Balaban J connectivity index is 2.35. The van der Waals surface area contributed by atoms with Crippen molar-refractivity contribution in [2.75, 3.05) is 25.9 Å². The lowest BCUT2D eigenvalue weighted by atomic mass is 9.92. The van der Waals surface area contributed by atoms with Crippen molar-refractivity contribution in [1.29, 1.82) is 0 Å². The summed E-state index contributed by atoms with van der Waals surface area (Å²) in [5.74, 6) is 0. The summed E-state index contributed by atoms with van der Waals surface area (Å²) in [6.45, 7) is 1.59. The second-order valence-electron chi connectivity index (χ2n) is 4.11. The molecule has 3 nitrogen and oxygen atoms in total. The highest BCUT2D eigenvalue weighted by Gasteiger charge is 2.37. The van der Waals surface area contributed by atoms with Gasteiger partial charge in [-0.2, -0.15) is 0 Å². The van der Waals surface area contributed by atoms with Gasteiger partial charge in [-0.3, -0.25) is 0 Å².